The number of likely N-dealkylation sites (N-methyl/N-ethyl adjacent to an activating group) is 1. The first-order valence-corrected chi connectivity index (χ1v) is 6.29. The quantitative estimate of drug-likeness (QED) is 0.504. The van der Waals surface area contributed by atoms with Crippen molar-refractivity contribution in [3.05, 3.63) is 0 Å². The summed E-state index contributed by atoms with van der Waals surface area (Å²) in [6.45, 7) is 7.38. The third kappa shape index (κ3) is 7.24. The third-order valence-electron chi connectivity index (χ3n) is 3.01. The summed E-state index contributed by atoms with van der Waals surface area (Å²) in [5.74, 6) is -1.35. The minimum Gasteiger partial charge on any atom is -0.480 e. The number of rotatable bonds is 9. The molecule has 18 heavy (non-hydrogen) atoms. The first-order valence-electron chi connectivity index (χ1n) is 6.29. The zero-order chi connectivity index (χ0) is 14.1. The average molecular weight is 259 g/mol. The Morgan fingerprint density at radius 1 is 1.39 bits per heavy atom. The molecule has 0 aromatic carbocycles. The van der Waals surface area contributed by atoms with Gasteiger partial charge in [0.15, 0.2) is 0 Å². The van der Waals surface area contributed by atoms with E-state index in [0.29, 0.717) is 12.6 Å². The summed E-state index contributed by atoms with van der Waals surface area (Å²) < 4.78 is 0. The van der Waals surface area contributed by atoms with Gasteiger partial charge in [-0.25, -0.2) is 4.79 Å². The van der Waals surface area contributed by atoms with Crippen LogP contribution in [-0.2, 0) is 9.59 Å². The minimum absolute atomic E-state index is 0.239. The Balaban J connectivity index is 3.86. The van der Waals surface area contributed by atoms with Crippen LogP contribution in [0.15, 0.2) is 0 Å². The highest BCUT2D eigenvalue weighted by Gasteiger charge is 2.17. The summed E-state index contributed by atoms with van der Waals surface area (Å²) in [4.78, 5) is 23.9. The molecule has 2 unspecified atom stereocenters. The molecule has 0 saturated carbocycles. The Hall–Kier alpha value is -1.14. The van der Waals surface area contributed by atoms with Crippen LogP contribution in [0.25, 0.3) is 0 Å². The maximum absolute atomic E-state index is 10.9. The van der Waals surface area contributed by atoms with Crippen LogP contribution in [0.3, 0.4) is 0 Å². The Labute approximate surface area is 109 Å². The molecule has 0 radical (unpaired) electrons. The smallest absolute Gasteiger partial charge is 0.327 e. The van der Waals surface area contributed by atoms with Gasteiger partial charge in [0.05, 0.1) is 0 Å². The van der Waals surface area contributed by atoms with Gasteiger partial charge in [0, 0.05) is 32.6 Å². The monoisotopic (exact) mass is 259 g/mol. The van der Waals surface area contributed by atoms with Crippen LogP contribution in [0.2, 0.25) is 0 Å². The second kappa shape index (κ2) is 8.88. The lowest BCUT2D eigenvalue weighted by atomic mass is 10.2. The first kappa shape index (κ1) is 16.9. The van der Waals surface area contributed by atoms with Crippen molar-refractivity contribution in [3.63, 3.8) is 0 Å². The number of carboxylic acids is 1. The maximum Gasteiger partial charge on any atom is 0.327 e. The van der Waals surface area contributed by atoms with E-state index < -0.39 is 12.0 Å². The lowest BCUT2D eigenvalue weighted by Gasteiger charge is -2.24. The molecule has 0 fully saturated rings. The summed E-state index contributed by atoms with van der Waals surface area (Å²) in [7, 11) is 2.04. The number of nitrogens with zero attached hydrogens (tertiary/aromatic N) is 1. The fraction of sp³-hybridized carbons (Fsp3) is 0.833. The average Bonchev–Trinajstić information content (AvgIpc) is 2.30. The molecule has 0 aromatic rings. The van der Waals surface area contributed by atoms with E-state index in [9.17, 15) is 9.59 Å². The summed E-state index contributed by atoms with van der Waals surface area (Å²) in [5, 5.41) is 14.3. The highest BCUT2D eigenvalue weighted by atomic mass is 16.4. The molecule has 0 rings (SSSR count). The number of carbonyl (C=O) groups excluding carboxylic acids is 1. The van der Waals surface area contributed by atoms with E-state index in [0.717, 1.165) is 13.0 Å². The predicted octanol–water partition coefficient (Wildman–Crippen LogP) is -0.104. The second-order valence-corrected chi connectivity index (χ2v) is 4.53. The molecule has 1 amide bonds. The second-order valence-electron chi connectivity index (χ2n) is 4.53. The van der Waals surface area contributed by atoms with Gasteiger partial charge in [-0.05, 0) is 20.4 Å². The third-order valence-corrected chi connectivity index (χ3v) is 3.01. The van der Waals surface area contributed by atoms with Gasteiger partial charge in [-0.3, -0.25) is 4.79 Å². The standard InChI is InChI=1S/C12H25N3O3/c1-5-9(2)15(4)7-6-13-8-11(12(17)18)14-10(3)16/h9,11,13H,5-8H2,1-4H3,(H,14,16)(H,17,18). The van der Waals surface area contributed by atoms with Crippen molar-refractivity contribution < 1.29 is 14.7 Å². The molecule has 106 valence electrons. The Morgan fingerprint density at radius 2 is 2.00 bits per heavy atom. The SMILES string of the molecule is CCC(C)N(C)CCNCC(NC(C)=O)C(=O)O. The zero-order valence-electron chi connectivity index (χ0n) is 11.7. The molecule has 0 bridgehead atoms. The topological polar surface area (TPSA) is 81.7 Å². The number of aliphatic carboxylic acids is 1. The van der Waals surface area contributed by atoms with Crippen molar-refractivity contribution in [1.82, 2.24) is 15.5 Å². The molecule has 6 heteroatoms. The summed E-state index contributed by atoms with van der Waals surface area (Å²) in [6.07, 6.45) is 1.08. The molecular formula is C12H25N3O3. The van der Waals surface area contributed by atoms with Crippen LogP contribution in [0.1, 0.15) is 27.2 Å². The van der Waals surface area contributed by atoms with E-state index in [1.165, 1.54) is 6.92 Å². The van der Waals surface area contributed by atoms with E-state index in [-0.39, 0.29) is 12.5 Å². The van der Waals surface area contributed by atoms with Crippen LogP contribution in [-0.4, -0.2) is 60.6 Å². The summed E-state index contributed by atoms with van der Waals surface area (Å²) >= 11 is 0. The zero-order valence-corrected chi connectivity index (χ0v) is 11.7. The van der Waals surface area contributed by atoms with Crippen molar-refractivity contribution >= 4 is 11.9 Å². The van der Waals surface area contributed by atoms with Crippen LogP contribution in [0.5, 0.6) is 0 Å². The molecule has 6 nitrogen and oxygen atoms in total. The van der Waals surface area contributed by atoms with E-state index in [1.54, 1.807) is 0 Å². The molecule has 0 aliphatic carbocycles. The largest absolute Gasteiger partial charge is 0.480 e. The van der Waals surface area contributed by atoms with Crippen molar-refractivity contribution in [1.29, 1.82) is 0 Å². The first-order chi connectivity index (χ1) is 8.38. The molecule has 0 heterocycles. The van der Waals surface area contributed by atoms with Gasteiger partial charge in [0.2, 0.25) is 5.91 Å². The highest BCUT2D eigenvalue weighted by molar-refractivity contribution is 5.82. The fourth-order valence-electron chi connectivity index (χ4n) is 1.48. The van der Waals surface area contributed by atoms with Crippen molar-refractivity contribution in [2.24, 2.45) is 0 Å². The Bertz CT molecular complexity index is 271. The normalized spacial score (nSPS) is 14.3. The molecular weight excluding hydrogens is 234 g/mol. The predicted molar refractivity (Wildman–Crippen MR) is 70.5 cm³/mol. The Morgan fingerprint density at radius 3 is 2.44 bits per heavy atom. The number of carbonyl (C=O) groups is 2. The Kier molecular flexibility index (Phi) is 8.32. The lowest BCUT2D eigenvalue weighted by molar-refractivity contribution is -0.141. The fourth-order valence-corrected chi connectivity index (χ4v) is 1.48. The lowest BCUT2D eigenvalue weighted by Crippen LogP contribution is -2.47. The maximum atomic E-state index is 10.9. The van der Waals surface area contributed by atoms with E-state index in [2.05, 4.69) is 29.4 Å². The van der Waals surface area contributed by atoms with E-state index in [4.69, 9.17) is 5.11 Å². The molecule has 0 aliphatic rings. The van der Waals surface area contributed by atoms with Gasteiger partial charge in [-0.2, -0.15) is 0 Å². The van der Waals surface area contributed by atoms with Gasteiger partial charge >= 0.3 is 5.97 Å². The summed E-state index contributed by atoms with van der Waals surface area (Å²) in [6, 6.07) is -0.353. The van der Waals surface area contributed by atoms with E-state index in [1.807, 2.05) is 7.05 Å². The summed E-state index contributed by atoms with van der Waals surface area (Å²) in [5.41, 5.74) is 0. The van der Waals surface area contributed by atoms with Gasteiger partial charge in [0.25, 0.3) is 0 Å². The van der Waals surface area contributed by atoms with Crippen LogP contribution >= 0.6 is 0 Å². The van der Waals surface area contributed by atoms with Gasteiger partial charge in [-0.1, -0.05) is 6.92 Å². The molecule has 0 saturated heterocycles. The molecule has 0 aliphatic heterocycles. The van der Waals surface area contributed by atoms with Gasteiger partial charge < -0.3 is 20.6 Å². The van der Waals surface area contributed by atoms with Crippen molar-refractivity contribution in [2.75, 3.05) is 26.7 Å². The number of hydrogen-bond acceptors (Lipinski definition) is 4. The molecule has 0 spiro atoms. The van der Waals surface area contributed by atoms with E-state index >= 15 is 0 Å². The van der Waals surface area contributed by atoms with Crippen LogP contribution in [0, 0.1) is 0 Å². The van der Waals surface area contributed by atoms with Gasteiger partial charge in [0.1, 0.15) is 6.04 Å². The molecule has 0 aromatic heterocycles. The molecule has 2 atom stereocenters. The minimum atomic E-state index is -1.02. The van der Waals surface area contributed by atoms with Gasteiger partial charge in [-0.15, -0.1) is 0 Å². The van der Waals surface area contributed by atoms with Crippen molar-refractivity contribution in [2.45, 2.75) is 39.3 Å². The number of amides is 1. The van der Waals surface area contributed by atoms with Crippen LogP contribution < -0.4 is 10.6 Å². The van der Waals surface area contributed by atoms with Crippen molar-refractivity contribution in [3.8, 4) is 0 Å². The number of hydrogen-bond donors (Lipinski definition) is 3. The van der Waals surface area contributed by atoms with Crippen LogP contribution in [0.4, 0.5) is 0 Å². The highest BCUT2D eigenvalue weighted by Crippen LogP contribution is 1.98. The molecule has 3 N–H and O–H groups in total. The number of carboxylic acid groups (broad SMARTS) is 1. The number of nitrogens with one attached hydrogen (secondary N) is 2.